The van der Waals surface area contributed by atoms with E-state index in [1.165, 1.54) is 6.07 Å². The number of carbonyl (C=O) groups excluding carboxylic acids is 1. The molecule has 1 aromatic heterocycles. The van der Waals surface area contributed by atoms with Crippen LogP contribution in [0, 0.1) is 0 Å². The first-order chi connectivity index (χ1) is 18.2. The van der Waals surface area contributed by atoms with Gasteiger partial charge in [0.15, 0.2) is 19.7 Å². The van der Waals surface area contributed by atoms with E-state index in [-0.39, 0.29) is 5.82 Å². The molecule has 1 amide bonds. The highest BCUT2D eigenvalue weighted by Gasteiger charge is 2.47. The number of hydrogen-bond donors (Lipinski definition) is 9. The molecule has 0 radical (unpaired) electrons. The van der Waals surface area contributed by atoms with Crippen molar-refractivity contribution in [2.24, 2.45) is 0 Å². The molecule has 1 aromatic rings. The third-order valence-electron chi connectivity index (χ3n) is 6.05. The quantitative estimate of drug-likeness (QED) is 0.116. The first kappa shape index (κ1) is 31.1. The standard InChI is InChI=1S/C20H31N4O14P/c1-7(26)22-13-8(27)4-10(37-17(13)14(29)9(28)5-25)19(32)39(34,35)36-6-11-15(30)16(31)18(38-11)24-3-2-12(21)23-20(24)33/h2-4,8-9,11,13-19,25,27-32H,5-6H2,1H3,(H,22,26)(H,34,35)(H2,21,23,33)/p-1/t8-,9-,11-,13-,14-,15?,16?,17?,18-,19-/m1/s1. The van der Waals surface area contributed by atoms with Crippen LogP contribution in [-0.4, -0.2) is 119 Å². The van der Waals surface area contributed by atoms with Crippen molar-refractivity contribution in [1.29, 1.82) is 0 Å². The smallest absolute Gasteiger partial charge is 0.351 e. The van der Waals surface area contributed by atoms with Crippen LogP contribution in [0.3, 0.4) is 0 Å². The summed E-state index contributed by atoms with van der Waals surface area (Å²) in [6, 6.07) is -0.184. The van der Waals surface area contributed by atoms with E-state index in [4.69, 9.17) is 24.8 Å². The molecule has 0 bridgehead atoms. The number of carbonyl (C=O) groups is 1. The summed E-state index contributed by atoms with van der Waals surface area (Å²) in [4.78, 5) is 39.7. The fourth-order valence-electron chi connectivity index (χ4n) is 4.01. The van der Waals surface area contributed by atoms with Gasteiger partial charge >= 0.3 is 5.69 Å². The van der Waals surface area contributed by atoms with Crippen LogP contribution in [0.2, 0.25) is 0 Å². The topological polar surface area (TPSA) is 299 Å². The molecule has 1 fully saturated rings. The number of nitrogens with two attached hydrogens (primary N) is 1. The van der Waals surface area contributed by atoms with Gasteiger partial charge in [-0.2, -0.15) is 4.98 Å². The molecule has 2 aliphatic heterocycles. The van der Waals surface area contributed by atoms with E-state index in [2.05, 4.69) is 10.3 Å². The number of aliphatic hydroxyl groups excluding tert-OH is 7. The number of anilines is 1. The second-order valence-electron chi connectivity index (χ2n) is 8.91. The Hall–Kier alpha value is -2.48. The Labute approximate surface area is 220 Å². The third kappa shape index (κ3) is 6.82. The molecule has 3 heterocycles. The molecule has 19 heteroatoms. The van der Waals surface area contributed by atoms with E-state index < -0.39 is 99.0 Å². The van der Waals surface area contributed by atoms with Crippen molar-refractivity contribution in [2.75, 3.05) is 18.9 Å². The van der Waals surface area contributed by atoms with Crippen molar-refractivity contribution in [2.45, 2.75) is 67.8 Å². The summed E-state index contributed by atoms with van der Waals surface area (Å²) in [5.41, 5.74) is 4.49. The fourth-order valence-corrected chi connectivity index (χ4v) is 4.97. The monoisotopic (exact) mass is 581 g/mol. The number of nitrogen functional groups attached to an aromatic ring is 1. The minimum Gasteiger partial charge on any atom is -0.776 e. The van der Waals surface area contributed by atoms with Gasteiger partial charge in [-0.05, 0) is 12.1 Å². The second kappa shape index (κ2) is 12.4. The van der Waals surface area contributed by atoms with E-state index in [9.17, 15) is 49.7 Å². The maximum absolute atomic E-state index is 12.7. The number of hydrogen-bond acceptors (Lipinski definition) is 16. The lowest BCUT2D eigenvalue weighted by atomic mass is 9.94. The maximum atomic E-state index is 12.7. The Balaban J connectivity index is 1.74. The van der Waals surface area contributed by atoms with Gasteiger partial charge in [0.2, 0.25) is 5.91 Å². The third-order valence-corrected chi connectivity index (χ3v) is 7.42. The molecule has 39 heavy (non-hydrogen) atoms. The summed E-state index contributed by atoms with van der Waals surface area (Å²) in [7, 11) is -5.37. The van der Waals surface area contributed by atoms with Gasteiger partial charge < -0.3 is 70.3 Å². The lowest BCUT2D eigenvalue weighted by Gasteiger charge is -2.41. The Morgan fingerprint density at radius 1 is 1.31 bits per heavy atom. The van der Waals surface area contributed by atoms with Gasteiger partial charge in [-0.3, -0.25) is 9.36 Å². The first-order valence-corrected chi connectivity index (χ1v) is 13.1. The van der Waals surface area contributed by atoms with Crippen LogP contribution in [0.5, 0.6) is 0 Å². The zero-order valence-electron chi connectivity index (χ0n) is 20.3. The predicted molar refractivity (Wildman–Crippen MR) is 124 cm³/mol. The molecule has 0 spiro atoms. The van der Waals surface area contributed by atoms with Gasteiger partial charge in [0, 0.05) is 13.1 Å². The number of aromatic nitrogens is 2. The number of nitrogens with one attached hydrogen (secondary N) is 1. The summed E-state index contributed by atoms with van der Waals surface area (Å²) >= 11 is 0. The molecule has 3 rings (SSSR count). The molecule has 10 N–H and O–H groups in total. The van der Waals surface area contributed by atoms with E-state index in [0.717, 1.165) is 23.8 Å². The molecule has 0 saturated carbocycles. The largest absolute Gasteiger partial charge is 0.776 e. The normalized spacial score (nSPS) is 32.8. The molecule has 4 unspecified atom stereocenters. The molecule has 11 atom stereocenters. The van der Waals surface area contributed by atoms with Crippen LogP contribution in [-0.2, 0) is 23.4 Å². The van der Waals surface area contributed by atoms with Gasteiger partial charge in [0.1, 0.15) is 48.2 Å². The Kier molecular flexibility index (Phi) is 9.84. The van der Waals surface area contributed by atoms with Crippen LogP contribution >= 0.6 is 7.60 Å². The van der Waals surface area contributed by atoms with Crippen LogP contribution < -0.4 is 21.6 Å². The van der Waals surface area contributed by atoms with Gasteiger partial charge in [-0.25, -0.2) is 4.79 Å². The lowest BCUT2D eigenvalue weighted by Crippen LogP contribution is -2.60. The summed E-state index contributed by atoms with van der Waals surface area (Å²) in [6.45, 7) is -0.819. The number of rotatable bonds is 10. The van der Waals surface area contributed by atoms with Gasteiger partial charge in [0.05, 0.1) is 25.4 Å². The molecular formula is C20H30N4O14P-. The lowest BCUT2D eigenvalue weighted by molar-refractivity contribution is -0.212. The predicted octanol–water partition coefficient (Wildman–Crippen LogP) is -5.80. The van der Waals surface area contributed by atoms with Crippen LogP contribution in [0.4, 0.5) is 5.82 Å². The summed E-state index contributed by atoms with van der Waals surface area (Å²) < 4.78 is 29.0. The van der Waals surface area contributed by atoms with Crippen molar-refractivity contribution in [3.05, 3.63) is 34.6 Å². The molecule has 2 aliphatic rings. The average Bonchev–Trinajstić information content (AvgIpc) is 3.15. The number of amides is 1. The first-order valence-electron chi connectivity index (χ1n) is 11.5. The second-order valence-corrected chi connectivity index (χ2v) is 10.7. The Bertz CT molecular complexity index is 1170. The molecule has 0 aromatic carbocycles. The number of nitrogens with zero attached hydrogens (tertiary/aromatic N) is 2. The zero-order chi connectivity index (χ0) is 29.2. The summed E-state index contributed by atoms with van der Waals surface area (Å²) in [5.74, 6) is -4.21. The van der Waals surface area contributed by atoms with Gasteiger partial charge in [-0.15, -0.1) is 0 Å². The van der Waals surface area contributed by atoms with Crippen molar-refractivity contribution in [1.82, 2.24) is 14.9 Å². The molecule has 220 valence electrons. The molecular weight excluding hydrogens is 551 g/mol. The number of aliphatic hydroxyl groups is 7. The SMILES string of the molecule is CC(=O)N[C@H]1C([C@H](O)[C@H](O)CO)OC([C@H](O)P(=O)([O-])OC[C@H]2O[C@@H](n3ccc(N)nc3=O)C(O)C2O)=C[C@H]1O. The number of ether oxygens (including phenoxy) is 2. The summed E-state index contributed by atoms with van der Waals surface area (Å²) in [6.07, 6.45) is -11.8. The Morgan fingerprint density at radius 2 is 1.97 bits per heavy atom. The zero-order valence-corrected chi connectivity index (χ0v) is 21.2. The molecule has 18 nitrogen and oxygen atoms in total. The highest BCUT2D eigenvalue weighted by molar-refractivity contribution is 7.52. The van der Waals surface area contributed by atoms with Crippen molar-refractivity contribution in [3.63, 3.8) is 0 Å². The van der Waals surface area contributed by atoms with E-state index >= 15 is 0 Å². The average molecular weight is 581 g/mol. The van der Waals surface area contributed by atoms with Crippen molar-refractivity contribution in [3.8, 4) is 0 Å². The highest BCUT2D eigenvalue weighted by atomic mass is 31.2. The minimum absolute atomic E-state index is 0.112. The van der Waals surface area contributed by atoms with Gasteiger partial charge in [0.25, 0.3) is 0 Å². The van der Waals surface area contributed by atoms with E-state index in [0.29, 0.717) is 0 Å². The van der Waals surface area contributed by atoms with E-state index in [1.54, 1.807) is 0 Å². The maximum Gasteiger partial charge on any atom is 0.351 e. The van der Waals surface area contributed by atoms with Gasteiger partial charge in [-0.1, -0.05) is 0 Å². The van der Waals surface area contributed by atoms with Crippen molar-refractivity contribution < 1.29 is 64.0 Å². The molecule has 0 aliphatic carbocycles. The highest BCUT2D eigenvalue weighted by Crippen LogP contribution is 2.47. The Morgan fingerprint density at radius 3 is 2.56 bits per heavy atom. The molecule has 1 saturated heterocycles. The minimum atomic E-state index is -5.37. The van der Waals surface area contributed by atoms with Crippen molar-refractivity contribution >= 4 is 19.3 Å². The summed E-state index contributed by atoms with van der Waals surface area (Å²) in [5, 5.41) is 73.0. The van der Waals surface area contributed by atoms with E-state index in [1.807, 2.05) is 0 Å². The van der Waals surface area contributed by atoms with Crippen LogP contribution in [0.1, 0.15) is 13.2 Å². The van der Waals surface area contributed by atoms with Crippen LogP contribution in [0.25, 0.3) is 0 Å². The fraction of sp³-hybridized carbons (Fsp3) is 0.650. The van der Waals surface area contributed by atoms with Crippen LogP contribution in [0.15, 0.2) is 28.9 Å².